The molecule has 2 N–H and O–H groups in total. The summed E-state index contributed by atoms with van der Waals surface area (Å²) in [6.07, 6.45) is -2.56. The number of fused-ring (bicyclic) bond motifs is 1. The highest BCUT2D eigenvalue weighted by Gasteiger charge is 2.38. The molecule has 3 aromatic rings. The van der Waals surface area contributed by atoms with Crippen molar-refractivity contribution in [3.8, 4) is 11.1 Å². The highest BCUT2D eigenvalue weighted by atomic mass is 19.4. The van der Waals surface area contributed by atoms with E-state index in [0.29, 0.717) is 17.9 Å². The lowest BCUT2D eigenvalue weighted by Gasteiger charge is -2.44. The van der Waals surface area contributed by atoms with Crippen LogP contribution < -0.4 is 10.6 Å². The Labute approximate surface area is 190 Å². The number of rotatable bonds is 4. The summed E-state index contributed by atoms with van der Waals surface area (Å²) < 4.78 is 38.8. The summed E-state index contributed by atoms with van der Waals surface area (Å²) in [6.45, 7) is 5.46. The molecule has 6 nitrogen and oxygen atoms in total. The van der Waals surface area contributed by atoms with Crippen LogP contribution in [0.3, 0.4) is 0 Å². The van der Waals surface area contributed by atoms with E-state index in [-0.39, 0.29) is 18.6 Å². The molecule has 174 valence electrons. The normalized spacial score (nSPS) is 19.8. The molecule has 1 amide bonds. The van der Waals surface area contributed by atoms with Crippen LogP contribution in [0.2, 0.25) is 0 Å². The number of aryl methyl sites for hydroxylation is 1. The van der Waals surface area contributed by atoms with E-state index < -0.39 is 18.6 Å². The number of anilines is 1. The van der Waals surface area contributed by atoms with Gasteiger partial charge in [0.1, 0.15) is 0 Å². The van der Waals surface area contributed by atoms with Gasteiger partial charge >= 0.3 is 6.18 Å². The van der Waals surface area contributed by atoms with Gasteiger partial charge in [-0.25, -0.2) is 0 Å². The van der Waals surface area contributed by atoms with Crippen LogP contribution in [0.5, 0.6) is 0 Å². The number of carbonyl (C=O) groups is 1. The molecule has 1 aliphatic rings. The molecule has 2 aromatic carbocycles. The summed E-state index contributed by atoms with van der Waals surface area (Å²) in [7, 11) is 0. The van der Waals surface area contributed by atoms with Gasteiger partial charge in [0.15, 0.2) is 5.82 Å². The summed E-state index contributed by atoms with van der Waals surface area (Å²) in [6, 6.07) is 10.8. The molecule has 0 unspecified atom stereocenters. The maximum absolute atomic E-state index is 12.9. The molecule has 2 heterocycles. The number of benzene rings is 2. The average molecular weight is 458 g/mol. The molecule has 1 fully saturated rings. The molecule has 0 spiro atoms. The maximum Gasteiger partial charge on any atom is 0.401 e. The predicted octanol–water partition coefficient (Wildman–Crippen LogP) is 4.17. The standard InChI is InChI=1S/C24H26F3N5O/c1-14-4-5-18(22(28)33)9-21(14)17-6-7-20-19(8-17)10-29-30-23(20)32-12-15(2)31(11-16(32)3)13-24(25,26)27/h4-10,15-16H,11-13H2,1-3H3,(H2,28,33)/t15-,16+/m0/s1. The quantitative estimate of drug-likeness (QED) is 0.637. The summed E-state index contributed by atoms with van der Waals surface area (Å²) in [4.78, 5) is 15.1. The molecule has 2 atom stereocenters. The highest BCUT2D eigenvalue weighted by Crippen LogP contribution is 2.33. The molecule has 1 aromatic heterocycles. The summed E-state index contributed by atoms with van der Waals surface area (Å²) in [5, 5.41) is 10.3. The van der Waals surface area contributed by atoms with Gasteiger partial charge in [0.25, 0.3) is 0 Å². The van der Waals surface area contributed by atoms with E-state index in [4.69, 9.17) is 5.73 Å². The van der Waals surface area contributed by atoms with Gasteiger partial charge in [-0.05, 0) is 61.7 Å². The number of carbonyl (C=O) groups excluding carboxylic acids is 1. The van der Waals surface area contributed by atoms with Crippen LogP contribution in [-0.2, 0) is 0 Å². The van der Waals surface area contributed by atoms with Gasteiger partial charge < -0.3 is 10.6 Å². The Morgan fingerprint density at radius 2 is 1.88 bits per heavy atom. The second-order valence-electron chi connectivity index (χ2n) is 8.76. The van der Waals surface area contributed by atoms with Crippen LogP contribution in [0.1, 0.15) is 29.8 Å². The van der Waals surface area contributed by atoms with Crippen molar-refractivity contribution in [3.63, 3.8) is 0 Å². The maximum atomic E-state index is 12.9. The molecule has 0 bridgehead atoms. The predicted molar refractivity (Wildman–Crippen MR) is 122 cm³/mol. The number of primary amides is 1. The third-order valence-corrected chi connectivity index (χ3v) is 6.24. The molecule has 0 saturated carbocycles. The minimum Gasteiger partial charge on any atom is -0.366 e. The van der Waals surface area contributed by atoms with E-state index in [9.17, 15) is 18.0 Å². The second kappa shape index (κ2) is 8.62. The van der Waals surface area contributed by atoms with Gasteiger partial charge in [0.2, 0.25) is 5.91 Å². The van der Waals surface area contributed by atoms with E-state index in [1.54, 1.807) is 25.3 Å². The number of nitrogens with two attached hydrogens (primary N) is 1. The average Bonchev–Trinajstić information content (AvgIpc) is 2.74. The Hall–Kier alpha value is -3.20. The first-order chi connectivity index (χ1) is 15.5. The highest BCUT2D eigenvalue weighted by molar-refractivity contribution is 5.97. The van der Waals surface area contributed by atoms with Gasteiger partial charge in [-0.15, -0.1) is 5.10 Å². The molecule has 0 aliphatic carbocycles. The van der Waals surface area contributed by atoms with Crippen LogP contribution in [0, 0.1) is 6.92 Å². The molecule has 1 aliphatic heterocycles. The lowest BCUT2D eigenvalue weighted by molar-refractivity contribution is -0.152. The zero-order valence-electron chi connectivity index (χ0n) is 18.7. The fourth-order valence-electron chi connectivity index (χ4n) is 4.48. The van der Waals surface area contributed by atoms with Crippen molar-refractivity contribution in [2.75, 3.05) is 24.5 Å². The number of nitrogens with zero attached hydrogens (tertiary/aromatic N) is 4. The third kappa shape index (κ3) is 4.78. The Morgan fingerprint density at radius 1 is 1.12 bits per heavy atom. The van der Waals surface area contributed by atoms with Gasteiger partial charge in [-0.3, -0.25) is 9.69 Å². The number of halogens is 3. The molecule has 0 radical (unpaired) electrons. The first kappa shape index (κ1) is 23.0. The molecular formula is C24H26F3N5O. The SMILES string of the molecule is Cc1ccc(C(N)=O)cc1-c1ccc2c(N3C[C@H](C)N(CC(F)(F)F)C[C@H]3C)nncc2c1. The molecule has 9 heteroatoms. The van der Waals surface area contributed by atoms with Crippen molar-refractivity contribution >= 4 is 22.5 Å². The Kier molecular flexibility index (Phi) is 6.00. The Morgan fingerprint density at radius 3 is 2.58 bits per heavy atom. The number of alkyl halides is 3. The number of amides is 1. The number of aromatic nitrogens is 2. The van der Waals surface area contributed by atoms with Crippen LogP contribution in [0.25, 0.3) is 21.9 Å². The first-order valence-corrected chi connectivity index (χ1v) is 10.8. The van der Waals surface area contributed by atoms with E-state index in [0.717, 1.165) is 27.5 Å². The summed E-state index contributed by atoms with van der Waals surface area (Å²) in [5.41, 5.74) is 8.69. The van der Waals surface area contributed by atoms with Gasteiger partial charge in [0.05, 0.1) is 12.7 Å². The molecule has 4 rings (SSSR count). The Bertz CT molecular complexity index is 1200. The molecule has 33 heavy (non-hydrogen) atoms. The van der Waals surface area contributed by atoms with Gasteiger partial charge in [0, 0.05) is 41.5 Å². The van der Waals surface area contributed by atoms with Crippen LogP contribution >= 0.6 is 0 Å². The van der Waals surface area contributed by atoms with Crippen LogP contribution in [0.15, 0.2) is 42.6 Å². The van der Waals surface area contributed by atoms with Crippen LogP contribution in [-0.4, -0.2) is 58.9 Å². The second-order valence-corrected chi connectivity index (χ2v) is 8.76. The van der Waals surface area contributed by atoms with Crippen molar-refractivity contribution in [1.82, 2.24) is 15.1 Å². The molecule has 1 saturated heterocycles. The lowest BCUT2D eigenvalue weighted by atomic mass is 9.96. The minimum atomic E-state index is -4.23. The van der Waals surface area contributed by atoms with Crippen molar-refractivity contribution in [2.45, 2.75) is 39.0 Å². The van der Waals surface area contributed by atoms with Gasteiger partial charge in [-0.2, -0.15) is 18.3 Å². The van der Waals surface area contributed by atoms with Crippen molar-refractivity contribution in [1.29, 1.82) is 0 Å². The van der Waals surface area contributed by atoms with E-state index in [1.165, 1.54) is 4.90 Å². The smallest absolute Gasteiger partial charge is 0.366 e. The van der Waals surface area contributed by atoms with Gasteiger partial charge in [-0.1, -0.05) is 12.1 Å². The Balaban J connectivity index is 1.68. The third-order valence-electron chi connectivity index (χ3n) is 6.24. The zero-order valence-corrected chi connectivity index (χ0v) is 18.7. The largest absolute Gasteiger partial charge is 0.401 e. The van der Waals surface area contributed by atoms with Crippen molar-refractivity contribution < 1.29 is 18.0 Å². The fraction of sp³-hybridized carbons (Fsp3) is 0.375. The fourth-order valence-corrected chi connectivity index (χ4v) is 4.48. The van der Waals surface area contributed by atoms with E-state index >= 15 is 0 Å². The van der Waals surface area contributed by atoms with Crippen molar-refractivity contribution in [2.24, 2.45) is 5.73 Å². The van der Waals surface area contributed by atoms with Crippen LogP contribution in [0.4, 0.5) is 19.0 Å². The zero-order chi connectivity index (χ0) is 23.9. The summed E-state index contributed by atoms with van der Waals surface area (Å²) >= 11 is 0. The number of hydrogen-bond donors (Lipinski definition) is 1. The van der Waals surface area contributed by atoms with E-state index in [1.807, 2.05) is 43.0 Å². The first-order valence-electron chi connectivity index (χ1n) is 10.8. The lowest BCUT2D eigenvalue weighted by Crippen LogP contribution is -2.58. The van der Waals surface area contributed by atoms with E-state index in [2.05, 4.69) is 10.2 Å². The monoisotopic (exact) mass is 457 g/mol. The number of piperazine rings is 1. The summed E-state index contributed by atoms with van der Waals surface area (Å²) in [5.74, 6) is 0.172. The number of hydrogen-bond acceptors (Lipinski definition) is 5. The minimum absolute atomic E-state index is 0.155. The molecular weight excluding hydrogens is 431 g/mol. The van der Waals surface area contributed by atoms with Crippen molar-refractivity contribution in [3.05, 3.63) is 53.7 Å². The topological polar surface area (TPSA) is 75.4 Å².